The van der Waals surface area contributed by atoms with Crippen molar-refractivity contribution in [3.8, 4) is 34.5 Å². The van der Waals surface area contributed by atoms with Crippen LogP contribution in [0.3, 0.4) is 0 Å². The Morgan fingerprint density at radius 3 is 1.53 bits per heavy atom. The summed E-state index contributed by atoms with van der Waals surface area (Å²) in [4.78, 5) is 0. The summed E-state index contributed by atoms with van der Waals surface area (Å²) in [7, 11) is 4.97. The summed E-state index contributed by atoms with van der Waals surface area (Å²) in [6.07, 6.45) is 3.31. The van der Waals surface area contributed by atoms with Gasteiger partial charge in [-0.25, -0.2) is 10.0 Å². The van der Waals surface area contributed by atoms with Gasteiger partial charge >= 0.3 is 0 Å². The molecule has 6 aliphatic rings. The molecule has 0 saturated heterocycles. The Balaban J connectivity index is 0.000000117. The van der Waals surface area contributed by atoms with Crippen LogP contribution in [0.5, 0.6) is 34.5 Å². The third-order valence-electron chi connectivity index (χ3n) is 16.0. The third kappa shape index (κ3) is 10.5. The zero-order chi connectivity index (χ0) is 56.4. The van der Waals surface area contributed by atoms with Crippen molar-refractivity contribution in [2.24, 2.45) is 10.2 Å². The Bertz CT molecular complexity index is 3870. The van der Waals surface area contributed by atoms with Gasteiger partial charge in [-0.05, 0) is 91.7 Å². The molecule has 6 atom stereocenters. The Kier molecular flexibility index (Phi) is 14.6. The lowest BCUT2D eigenvalue weighted by Crippen LogP contribution is -2.43. The van der Waals surface area contributed by atoms with E-state index in [1.807, 2.05) is 97.1 Å². The number of aryl methyl sites for hydroxylation is 2. The maximum Gasteiger partial charge on any atom is 0.213 e. The van der Waals surface area contributed by atoms with E-state index in [1.54, 1.807) is 21.3 Å². The number of nitrogens with one attached hydrogen (secondary N) is 1. The van der Waals surface area contributed by atoms with Crippen LogP contribution < -0.4 is 33.8 Å². The highest BCUT2D eigenvalue weighted by molar-refractivity contribution is 6.03. The Morgan fingerprint density at radius 1 is 0.422 bits per heavy atom. The van der Waals surface area contributed by atoms with Crippen molar-refractivity contribution < 1.29 is 28.4 Å². The molecule has 83 heavy (non-hydrogen) atoms. The second-order valence-electron chi connectivity index (χ2n) is 21.3. The SMILES string of the molecule is COc1ccc(C2=NN3C(C2)c2ccccc2OC3c2ccccc2)cc1.COc1ccc(C2=NN3C(C2)c2ccccc2OC3c2ccccc2)cc1OC.Cc1cccc(C2Oc3ccc(C)cc3C3C=C(c4ccccc4)NN32)c1. The standard InChI is InChI=1S/C24H22N2O3.C24H22N2O.C23H20N2O2/c1-27-22-13-12-17(14-23(22)28-2)19-15-20-18-10-6-7-11-21(18)29-24(26(20)25-19)16-8-4-3-5-9-16;1-16-7-6-10-19(13-16)24-26-22(20-14-17(2)11-12-23(20)27-24)15-21(25-26)18-8-4-3-5-9-18;1-26-18-13-11-16(12-14-18)20-15-21-19-9-5-6-10-22(19)27-23(25(21)24-20)17-7-3-2-4-8-17/h3-14,20,24H,15H2,1-2H3;3-15,22,24-25H,1-2H3;2-14,21,23H,15H2,1H3. The predicted octanol–water partition coefficient (Wildman–Crippen LogP) is 15.2. The number of rotatable bonds is 9. The van der Waals surface area contributed by atoms with Gasteiger partial charge in [0.15, 0.2) is 17.7 Å². The summed E-state index contributed by atoms with van der Waals surface area (Å²) >= 11 is 0. The fraction of sp³-hybridized carbons (Fsp3) is 0.183. The molecule has 0 spiro atoms. The monoisotopic (exact) mass is 1100 g/mol. The summed E-state index contributed by atoms with van der Waals surface area (Å²) in [6.45, 7) is 4.24. The highest BCUT2D eigenvalue weighted by Gasteiger charge is 2.43. The van der Waals surface area contributed by atoms with E-state index in [2.05, 4.69) is 168 Å². The number of fused-ring (bicyclic) bond motifs is 9. The number of para-hydroxylation sites is 2. The second kappa shape index (κ2) is 23.0. The average Bonchev–Trinajstić information content (AvgIpc) is 3.59. The molecule has 0 saturated carbocycles. The first-order valence-electron chi connectivity index (χ1n) is 28.2. The molecule has 6 aliphatic heterocycles. The van der Waals surface area contributed by atoms with Crippen LogP contribution in [0.15, 0.2) is 241 Å². The summed E-state index contributed by atoms with van der Waals surface area (Å²) < 4.78 is 35.3. The average molecular weight is 1100 g/mol. The van der Waals surface area contributed by atoms with E-state index in [4.69, 9.17) is 38.6 Å². The number of hydrogen-bond acceptors (Lipinski definition) is 12. The first kappa shape index (κ1) is 52.6. The molecule has 414 valence electrons. The first-order chi connectivity index (χ1) is 40.8. The highest BCUT2D eigenvalue weighted by atomic mass is 16.5. The quantitative estimate of drug-likeness (QED) is 0.150. The first-order valence-corrected chi connectivity index (χ1v) is 28.2. The lowest BCUT2D eigenvalue weighted by Gasteiger charge is -2.39. The van der Waals surface area contributed by atoms with Crippen LogP contribution in [-0.2, 0) is 0 Å². The number of nitrogens with zero attached hydrogens (tertiary/aromatic N) is 5. The largest absolute Gasteiger partial charge is 0.497 e. The van der Waals surface area contributed by atoms with Gasteiger partial charge in [0.1, 0.15) is 23.0 Å². The zero-order valence-corrected chi connectivity index (χ0v) is 47.0. The molecule has 0 radical (unpaired) electrons. The second-order valence-corrected chi connectivity index (χ2v) is 21.3. The zero-order valence-electron chi connectivity index (χ0n) is 47.0. The van der Waals surface area contributed by atoms with Gasteiger partial charge in [0.2, 0.25) is 12.5 Å². The maximum atomic E-state index is 6.46. The van der Waals surface area contributed by atoms with Crippen molar-refractivity contribution in [3.05, 3.63) is 292 Å². The minimum absolute atomic E-state index is 0.133. The van der Waals surface area contributed by atoms with Crippen LogP contribution in [0.25, 0.3) is 5.70 Å². The molecule has 6 unspecified atom stereocenters. The predicted molar refractivity (Wildman–Crippen MR) is 324 cm³/mol. The summed E-state index contributed by atoms with van der Waals surface area (Å²) in [6, 6.07) is 77.0. The summed E-state index contributed by atoms with van der Waals surface area (Å²) in [5, 5.41) is 16.4. The van der Waals surface area contributed by atoms with E-state index in [0.717, 1.165) is 80.8 Å². The van der Waals surface area contributed by atoms with Gasteiger partial charge in [-0.1, -0.05) is 175 Å². The molecule has 0 bridgehead atoms. The fourth-order valence-electron chi connectivity index (χ4n) is 11.8. The van der Waals surface area contributed by atoms with Crippen LogP contribution in [0.1, 0.15) is 111 Å². The molecule has 0 aromatic heterocycles. The topological polar surface area (TPSA) is 102 Å². The van der Waals surface area contributed by atoms with Gasteiger partial charge in [0, 0.05) is 51.8 Å². The molecule has 12 heteroatoms. The third-order valence-corrected chi connectivity index (χ3v) is 16.0. The van der Waals surface area contributed by atoms with Gasteiger partial charge in [0.05, 0.1) is 56.6 Å². The lowest BCUT2D eigenvalue weighted by molar-refractivity contribution is -0.0327. The molecular weight excluding hydrogens is 1030 g/mol. The van der Waals surface area contributed by atoms with Crippen LogP contribution in [0, 0.1) is 13.8 Å². The molecule has 0 aliphatic carbocycles. The molecular formula is C71H64N6O6. The van der Waals surface area contributed by atoms with Crippen molar-refractivity contribution in [3.63, 3.8) is 0 Å². The van der Waals surface area contributed by atoms with Crippen molar-refractivity contribution in [1.29, 1.82) is 0 Å². The van der Waals surface area contributed by atoms with Crippen molar-refractivity contribution in [2.75, 3.05) is 21.3 Å². The Labute approximate surface area is 485 Å². The minimum Gasteiger partial charge on any atom is -0.497 e. The molecule has 0 amide bonds. The van der Waals surface area contributed by atoms with Crippen LogP contribution in [-0.4, -0.2) is 47.8 Å². The van der Waals surface area contributed by atoms with E-state index in [1.165, 1.54) is 33.4 Å². The van der Waals surface area contributed by atoms with Crippen molar-refractivity contribution in [2.45, 2.75) is 63.5 Å². The van der Waals surface area contributed by atoms with E-state index in [9.17, 15) is 0 Å². The van der Waals surface area contributed by atoms with Crippen molar-refractivity contribution in [1.82, 2.24) is 20.5 Å². The van der Waals surface area contributed by atoms with Crippen molar-refractivity contribution >= 4 is 17.1 Å². The fourth-order valence-corrected chi connectivity index (χ4v) is 11.8. The van der Waals surface area contributed by atoms with Crippen LogP contribution in [0.2, 0.25) is 0 Å². The molecule has 6 heterocycles. The van der Waals surface area contributed by atoms with E-state index in [0.29, 0.717) is 11.5 Å². The normalized spacial score (nSPS) is 20.3. The molecule has 1 N–H and O–H groups in total. The lowest BCUT2D eigenvalue weighted by atomic mass is 9.96. The number of methoxy groups -OCH3 is 3. The van der Waals surface area contributed by atoms with Gasteiger partial charge in [-0.3, -0.25) is 0 Å². The smallest absolute Gasteiger partial charge is 0.213 e. The van der Waals surface area contributed by atoms with Gasteiger partial charge < -0.3 is 33.8 Å². The number of hydrazine groups is 1. The number of ether oxygens (including phenoxy) is 6. The van der Waals surface area contributed by atoms with Crippen LogP contribution in [0.4, 0.5) is 0 Å². The number of benzene rings is 9. The maximum absolute atomic E-state index is 6.46. The van der Waals surface area contributed by atoms with E-state index in [-0.39, 0.29) is 36.8 Å². The Hall–Kier alpha value is -9.78. The number of hydrogen-bond donors (Lipinski definition) is 1. The highest BCUT2D eigenvalue weighted by Crippen LogP contribution is 2.50. The van der Waals surface area contributed by atoms with E-state index < -0.39 is 0 Å². The van der Waals surface area contributed by atoms with Gasteiger partial charge in [0.25, 0.3) is 0 Å². The molecule has 9 aromatic rings. The van der Waals surface area contributed by atoms with E-state index >= 15 is 0 Å². The summed E-state index contributed by atoms with van der Waals surface area (Å²) in [5.41, 5.74) is 19.5. The van der Waals surface area contributed by atoms with Gasteiger partial charge in [-0.2, -0.15) is 15.2 Å². The van der Waals surface area contributed by atoms with Gasteiger partial charge in [-0.15, -0.1) is 0 Å². The Morgan fingerprint density at radius 2 is 0.940 bits per heavy atom. The summed E-state index contributed by atoms with van der Waals surface area (Å²) in [5.74, 6) is 5.09. The minimum atomic E-state index is -0.256. The molecule has 9 aromatic carbocycles. The van der Waals surface area contributed by atoms with Crippen LogP contribution >= 0.6 is 0 Å². The molecule has 12 nitrogen and oxygen atoms in total. The molecule has 15 rings (SSSR count). The molecule has 0 fully saturated rings. The number of hydrazone groups is 2.